The SMILES string of the molecule is CC(=O)O[C@H]1C(O)=CC2C3C(O)Cc4cc(O)ccc4C3CC[C@@]21C. The van der Waals surface area contributed by atoms with Gasteiger partial charge in [0.2, 0.25) is 0 Å². The van der Waals surface area contributed by atoms with Crippen LogP contribution in [0.3, 0.4) is 0 Å². The minimum absolute atomic E-state index is 0.0292. The van der Waals surface area contributed by atoms with Gasteiger partial charge in [-0.15, -0.1) is 0 Å². The number of carbonyl (C=O) groups is 1. The molecular formula is C20H24O5. The second kappa shape index (κ2) is 5.49. The fraction of sp³-hybridized carbons (Fsp3) is 0.550. The molecule has 3 aliphatic carbocycles. The molecule has 0 aliphatic heterocycles. The van der Waals surface area contributed by atoms with E-state index in [1.807, 2.05) is 13.0 Å². The maximum Gasteiger partial charge on any atom is 0.303 e. The molecule has 3 aliphatic rings. The molecule has 0 bridgehead atoms. The lowest BCUT2D eigenvalue weighted by Gasteiger charge is -2.51. The van der Waals surface area contributed by atoms with Crippen molar-refractivity contribution in [3.63, 3.8) is 0 Å². The minimum Gasteiger partial charge on any atom is -0.509 e. The molecular weight excluding hydrogens is 320 g/mol. The molecule has 0 amide bonds. The first kappa shape index (κ1) is 16.5. The van der Waals surface area contributed by atoms with Crippen LogP contribution >= 0.6 is 0 Å². The standard InChI is InChI=1S/C20H24O5/c1-10(21)25-19-17(24)9-15-18-14(5-6-20(15,19)2)13-4-3-12(22)7-11(13)8-16(18)23/h3-4,7,9,14-16,18-19,22-24H,5-6,8H2,1-2H3/t14?,15?,16?,18?,19-,20-/m0/s1. The zero-order valence-corrected chi connectivity index (χ0v) is 14.5. The lowest BCUT2D eigenvalue weighted by atomic mass is 9.54. The Labute approximate surface area is 146 Å². The molecule has 25 heavy (non-hydrogen) atoms. The number of aliphatic hydroxyl groups is 2. The quantitative estimate of drug-likeness (QED) is 0.682. The third-order valence-electron chi connectivity index (χ3n) is 6.54. The Hall–Kier alpha value is -2.01. The first-order chi connectivity index (χ1) is 11.8. The maximum atomic E-state index is 11.5. The highest BCUT2D eigenvalue weighted by Gasteiger charge is 2.58. The molecule has 3 N–H and O–H groups in total. The molecule has 4 rings (SSSR count). The van der Waals surface area contributed by atoms with Gasteiger partial charge in [0.1, 0.15) is 11.5 Å². The van der Waals surface area contributed by atoms with Crippen LogP contribution in [0.5, 0.6) is 5.75 Å². The van der Waals surface area contributed by atoms with Gasteiger partial charge in [0.25, 0.3) is 0 Å². The molecule has 1 aromatic carbocycles. The molecule has 1 aromatic rings. The van der Waals surface area contributed by atoms with Crippen LogP contribution in [0.15, 0.2) is 30.0 Å². The molecule has 1 saturated carbocycles. The van der Waals surface area contributed by atoms with Gasteiger partial charge in [-0.1, -0.05) is 13.0 Å². The zero-order valence-electron chi connectivity index (χ0n) is 14.5. The van der Waals surface area contributed by atoms with Crippen molar-refractivity contribution in [1.29, 1.82) is 0 Å². The average Bonchev–Trinajstić information content (AvgIpc) is 2.78. The minimum atomic E-state index is -0.635. The van der Waals surface area contributed by atoms with E-state index in [0.717, 1.165) is 18.4 Å². The fourth-order valence-corrected chi connectivity index (χ4v) is 5.46. The summed E-state index contributed by atoms with van der Waals surface area (Å²) in [4.78, 5) is 11.5. The Morgan fingerprint density at radius 1 is 1.32 bits per heavy atom. The number of hydrogen-bond donors (Lipinski definition) is 3. The Kier molecular flexibility index (Phi) is 3.62. The van der Waals surface area contributed by atoms with Crippen LogP contribution in [0.25, 0.3) is 0 Å². The van der Waals surface area contributed by atoms with Crippen molar-refractivity contribution in [2.45, 2.75) is 51.2 Å². The monoisotopic (exact) mass is 344 g/mol. The molecule has 4 unspecified atom stereocenters. The number of aliphatic hydroxyl groups excluding tert-OH is 2. The molecule has 5 heteroatoms. The van der Waals surface area contributed by atoms with Crippen molar-refractivity contribution in [2.75, 3.05) is 0 Å². The lowest BCUT2D eigenvalue weighted by Crippen LogP contribution is -2.50. The smallest absolute Gasteiger partial charge is 0.303 e. The van der Waals surface area contributed by atoms with Crippen LogP contribution in [0.1, 0.15) is 43.7 Å². The van der Waals surface area contributed by atoms with E-state index in [1.54, 1.807) is 18.2 Å². The zero-order chi connectivity index (χ0) is 17.9. The summed E-state index contributed by atoms with van der Waals surface area (Å²) in [6, 6.07) is 5.40. The average molecular weight is 344 g/mol. The summed E-state index contributed by atoms with van der Waals surface area (Å²) in [5, 5.41) is 31.0. The van der Waals surface area contributed by atoms with Crippen molar-refractivity contribution >= 4 is 5.97 Å². The number of fused-ring (bicyclic) bond motifs is 5. The number of benzene rings is 1. The van der Waals surface area contributed by atoms with E-state index >= 15 is 0 Å². The number of esters is 1. The molecule has 134 valence electrons. The third kappa shape index (κ3) is 2.36. The first-order valence-corrected chi connectivity index (χ1v) is 8.89. The third-order valence-corrected chi connectivity index (χ3v) is 6.54. The van der Waals surface area contributed by atoms with Gasteiger partial charge < -0.3 is 20.1 Å². The van der Waals surface area contributed by atoms with Crippen LogP contribution in [0.4, 0.5) is 0 Å². The van der Waals surface area contributed by atoms with Gasteiger partial charge in [0, 0.05) is 12.3 Å². The van der Waals surface area contributed by atoms with Gasteiger partial charge in [-0.05, 0) is 66.4 Å². The normalized spacial score (nSPS) is 39.0. The second-order valence-electron chi connectivity index (χ2n) is 7.99. The van der Waals surface area contributed by atoms with Crippen molar-refractivity contribution < 1.29 is 24.9 Å². The van der Waals surface area contributed by atoms with Crippen LogP contribution in [-0.2, 0) is 16.0 Å². The van der Waals surface area contributed by atoms with Crippen LogP contribution in [0, 0.1) is 17.3 Å². The Morgan fingerprint density at radius 3 is 2.80 bits per heavy atom. The fourth-order valence-electron chi connectivity index (χ4n) is 5.46. The number of aromatic hydroxyl groups is 1. The van der Waals surface area contributed by atoms with E-state index in [2.05, 4.69) is 0 Å². The highest BCUT2D eigenvalue weighted by molar-refractivity contribution is 5.66. The predicted octanol–water partition coefficient (Wildman–Crippen LogP) is 2.81. The number of phenols is 1. The molecule has 0 aromatic heterocycles. The molecule has 0 saturated heterocycles. The van der Waals surface area contributed by atoms with E-state index in [1.165, 1.54) is 12.5 Å². The highest BCUT2D eigenvalue weighted by Crippen LogP contribution is 2.60. The summed E-state index contributed by atoms with van der Waals surface area (Å²) in [7, 11) is 0. The molecule has 6 atom stereocenters. The largest absolute Gasteiger partial charge is 0.509 e. The van der Waals surface area contributed by atoms with E-state index in [0.29, 0.717) is 6.42 Å². The first-order valence-electron chi connectivity index (χ1n) is 8.89. The van der Waals surface area contributed by atoms with Crippen LogP contribution in [-0.4, -0.2) is 33.5 Å². The summed E-state index contributed by atoms with van der Waals surface area (Å²) in [6.45, 7) is 3.40. The van der Waals surface area contributed by atoms with Gasteiger partial charge in [0.15, 0.2) is 6.10 Å². The molecule has 0 radical (unpaired) electrons. The van der Waals surface area contributed by atoms with E-state index in [-0.39, 0.29) is 29.3 Å². The maximum absolute atomic E-state index is 11.5. The van der Waals surface area contributed by atoms with Crippen molar-refractivity contribution in [2.24, 2.45) is 17.3 Å². The molecule has 5 nitrogen and oxygen atoms in total. The second-order valence-corrected chi connectivity index (χ2v) is 7.99. The van der Waals surface area contributed by atoms with Crippen molar-refractivity contribution in [3.05, 3.63) is 41.2 Å². The summed E-state index contributed by atoms with van der Waals surface area (Å²) in [5.74, 6) is 0.0213. The van der Waals surface area contributed by atoms with Gasteiger partial charge in [-0.2, -0.15) is 0 Å². The summed E-state index contributed by atoms with van der Waals surface area (Å²) >= 11 is 0. The van der Waals surface area contributed by atoms with Crippen LogP contribution in [0.2, 0.25) is 0 Å². The van der Waals surface area contributed by atoms with Gasteiger partial charge in [-0.3, -0.25) is 4.79 Å². The van der Waals surface area contributed by atoms with Gasteiger partial charge in [-0.25, -0.2) is 0 Å². The predicted molar refractivity (Wildman–Crippen MR) is 91.1 cm³/mol. The lowest BCUT2D eigenvalue weighted by molar-refractivity contribution is -0.156. The van der Waals surface area contributed by atoms with Gasteiger partial charge >= 0.3 is 5.97 Å². The Balaban J connectivity index is 1.73. The van der Waals surface area contributed by atoms with Crippen LogP contribution < -0.4 is 0 Å². The topological polar surface area (TPSA) is 87.0 Å². The number of ether oxygens (including phenoxy) is 1. The summed E-state index contributed by atoms with van der Waals surface area (Å²) in [5.41, 5.74) is 1.78. The van der Waals surface area contributed by atoms with E-state index < -0.39 is 23.6 Å². The molecule has 1 fully saturated rings. The summed E-state index contributed by atoms with van der Waals surface area (Å²) < 4.78 is 5.42. The van der Waals surface area contributed by atoms with E-state index in [4.69, 9.17) is 4.74 Å². The van der Waals surface area contributed by atoms with E-state index in [9.17, 15) is 20.1 Å². The van der Waals surface area contributed by atoms with Crippen molar-refractivity contribution in [3.8, 4) is 5.75 Å². The number of hydrogen-bond acceptors (Lipinski definition) is 5. The number of rotatable bonds is 1. The van der Waals surface area contributed by atoms with Gasteiger partial charge in [0.05, 0.1) is 6.10 Å². The number of allylic oxidation sites excluding steroid dienone is 1. The Morgan fingerprint density at radius 2 is 2.08 bits per heavy atom. The number of phenolic OH excluding ortho intramolecular Hbond substituents is 1. The Bertz CT molecular complexity index is 754. The highest BCUT2D eigenvalue weighted by atomic mass is 16.6. The molecule has 0 spiro atoms. The summed E-state index contributed by atoms with van der Waals surface area (Å²) in [6.07, 6.45) is 2.74. The number of carbonyl (C=O) groups excluding carboxylic acids is 1. The molecule has 0 heterocycles. The van der Waals surface area contributed by atoms with Crippen molar-refractivity contribution in [1.82, 2.24) is 0 Å².